The summed E-state index contributed by atoms with van der Waals surface area (Å²) in [7, 11) is 0. The van der Waals surface area contributed by atoms with Crippen molar-refractivity contribution in [2.75, 3.05) is 13.2 Å². The van der Waals surface area contributed by atoms with E-state index in [1.165, 1.54) is 0 Å². The number of rotatable bonds is 1. The summed E-state index contributed by atoms with van der Waals surface area (Å²) >= 11 is 0. The third-order valence-electron chi connectivity index (χ3n) is 2.87. The second-order valence-electron chi connectivity index (χ2n) is 3.90. The number of furan rings is 1. The quantitative estimate of drug-likeness (QED) is 0.776. The van der Waals surface area contributed by atoms with E-state index in [1.807, 2.05) is 18.2 Å². The number of fused-ring (bicyclic) bond motifs is 1. The monoisotopic (exact) mass is 204 g/mol. The van der Waals surface area contributed by atoms with Crippen molar-refractivity contribution in [1.29, 1.82) is 0 Å². The summed E-state index contributed by atoms with van der Waals surface area (Å²) in [5.74, 6) is 1.47. The van der Waals surface area contributed by atoms with E-state index in [-0.39, 0.29) is 5.75 Å². The van der Waals surface area contributed by atoms with Crippen LogP contribution in [0.5, 0.6) is 5.75 Å². The van der Waals surface area contributed by atoms with Crippen LogP contribution >= 0.6 is 0 Å². The van der Waals surface area contributed by atoms with Gasteiger partial charge in [-0.2, -0.15) is 0 Å². The molecule has 1 N–H and O–H groups in total. The fourth-order valence-electron chi connectivity index (χ4n) is 2.03. The Morgan fingerprint density at radius 2 is 2.27 bits per heavy atom. The first-order valence-electron chi connectivity index (χ1n) is 5.14. The highest BCUT2D eigenvalue weighted by Gasteiger charge is 2.21. The van der Waals surface area contributed by atoms with Gasteiger partial charge in [0.15, 0.2) is 11.3 Å². The minimum Gasteiger partial charge on any atom is -0.504 e. The zero-order valence-electron chi connectivity index (χ0n) is 8.27. The molecule has 2 heterocycles. The van der Waals surface area contributed by atoms with Crippen LogP contribution in [-0.2, 0) is 4.74 Å². The number of hydrogen-bond donors (Lipinski definition) is 1. The third-order valence-corrected chi connectivity index (χ3v) is 2.87. The summed E-state index contributed by atoms with van der Waals surface area (Å²) in [6.07, 6.45) is 1.00. The number of hydrogen-bond acceptors (Lipinski definition) is 3. The Balaban J connectivity index is 2.09. The Hall–Kier alpha value is -1.48. The molecular formula is C12H12O3. The SMILES string of the molecule is Oc1cccc2cc(C3CCOC3)oc12. The van der Waals surface area contributed by atoms with Gasteiger partial charge in [0, 0.05) is 17.9 Å². The van der Waals surface area contributed by atoms with Crippen molar-refractivity contribution in [2.24, 2.45) is 0 Å². The zero-order chi connectivity index (χ0) is 10.3. The van der Waals surface area contributed by atoms with Crippen LogP contribution in [-0.4, -0.2) is 18.3 Å². The maximum absolute atomic E-state index is 9.60. The van der Waals surface area contributed by atoms with Crippen molar-refractivity contribution in [3.63, 3.8) is 0 Å². The molecular weight excluding hydrogens is 192 g/mol. The average molecular weight is 204 g/mol. The second kappa shape index (κ2) is 3.28. The predicted molar refractivity (Wildman–Crippen MR) is 56.1 cm³/mol. The molecule has 3 rings (SSSR count). The summed E-state index contributed by atoms with van der Waals surface area (Å²) in [5.41, 5.74) is 0.583. The van der Waals surface area contributed by atoms with Crippen molar-refractivity contribution in [3.8, 4) is 5.75 Å². The summed E-state index contributed by atoms with van der Waals surface area (Å²) in [5, 5.41) is 10.6. The minimum atomic E-state index is 0.206. The van der Waals surface area contributed by atoms with Crippen LogP contribution in [0.25, 0.3) is 11.0 Å². The van der Waals surface area contributed by atoms with E-state index < -0.39 is 0 Å². The van der Waals surface area contributed by atoms with Crippen molar-refractivity contribution < 1.29 is 14.3 Å². The molecule has 3 nitrogen and oxygen atoms in total. The van der Waals surface area contributed by atoms with E-state index in [0.717, 1.165) is 30.8 Å². The molecule has 15 heavy (non-hydrogen) atoms. The standard InChI is InChI=1S/C12H12O3/c13-10-3-1-2-8-6-11(15-12(8)10)9-4-5-14-7-9/h1-3,6,9,13H,4-5,7H2. The van der Waals surface area contributed by atoms with Crippen LogP contribution in [0.1, 0.15) is 18.1 Å². The molecule has 2 aromatic rings. The highest BCUT2D eigenvalue weighted by Crippen LogP contribution is 2.33. The highest BCUT2D eigenvalue weighted by molar-refractivity contribution is 5.83. The van der Waals surface area contributed by atoms with Crippen LogP contribution in [0.2, 0.25) is 0 Å². The molecule has 1 atom stereocenters. The Morgan fingerprint density at radius 3 is 3.00 bits per heavy atom. The molecule has 1 fully saturated rings. The lowest BCUT2D eigenvalue weighted by Crippen LogP contribution is -1.94. The van der Waals surface area contributed by atoms with Gasteiger partial charge < -0.3 is 14.3 Å². The Kier molecular flexibility index (Phi) is 1.92. The first kappa shape index (κ1) is 8.80. The van der Waals surface area contributed by atoms with E-state index >= 15 is 0 Å². The van der Waals surface area contributed by atoms with Gasteiger partial charge in [0.1, 0.15) is 5.76 Å². The van der Waals surface area contributed by atoms with Gasteiger partial charge in [-0.3, -0.25) is 0 Å². The fraction of sp³-hybridized carbons (Fsp3) is 0.333. The molecule has 0 radical (unpaired) electrons. The van der Waals surface area contributed by atoms with Crippen LogP contribution in [0.4, 0.5) is 0 Å². The van der Waals surface area contributed by atoms with Gasteiger partial charge in [-0.15, -0.1) is 0 Å². The van der Waals surface area contributed by atoms with Crippen molar-refractivity contribution in [3.05, 3.63) is 30.0 Å². The number of aromatic hydroxyl groups is 1. The largest absolute Gasteiger partial charge is 0.504 e. The van der Waals surface area contributed by atoms with E-state index in [9.17, 15) is 5.11 Å². The maximum Gasteiger partial charge on any atom is 0.175 e. The second-order valence-corrected chi connectivity index (χ2v) is 3.90. The summed E-state index contributed by atoms with van der Waals surface area (Å²) < 4.78 is 11.0. The molecule has 3 heteroatoms. The van der Waals surface area contributed by atoms with Gasteiger partial charge in [0.2, 0.25) is 0 Å². The van der Waals surface area contributed by atoms with Crippen molar-refractivity contribution in [1.82, 2.24) is 0 Å². The van der Waals surface area contributed by atoms with Gasteiger partial charge in [0.25, 0.3) is 0 Å². The topological polar surface area (TPSA) is 42.6 Å². The van der Waals surface area contributed by atoms with Crippen LogP contribution in [0.15, 0.2) is 28.7 Å². The number of phenolic OH excluding ortho intramolecular Hbond substituents is 1. The van der Waals surface area contributed by atoms with E-state index in [2.05, 4.69) is 0 Å². The molecule has 0 aliphatic carbocycles. The third kappa shape index (κ3) is 1.39. The number of para-hydroxylation sites is 1. The lowest BCUT2D eigenvalue weighted by atomic mass is 10.1. The van der Waals surface area contributed by atoms with Crippen LogP contribution in [0, 0.1) is 0 Å². The smallest absolute Gasteiger partial charge is 0.175 e. The Morgan fingerprint density at radius 1 is 1.33 bits per heavy atom. The normalized spacial score (nSPS) is 21.2. The first-order valence-corrected chi connectivity index (χ1v) is 5.14. The minimum absolute atomic E-state index is 0.206. The average Bonchev–Trinajstić information content (AvgIpc) is 2.86. The molecule has 0 spiro atoms. The first-order chi connectivity index (χ1) is 7.34. The lowest BCUT2D eigenvalue weighted by molar-refractivity contribution is 0.191. The Bertz CT molecular complexity index is 481. The summed E-state index contributed by atoms with van der Waals surface area (Å²) in [6, 6.07) is 7.40. The molecule has 1 aliphatic rings. The molecule has 1 aliphatic heterocycles. The summed E-state index contributed by atoms with van der Waals surface area (Å²) in [4.78, 5) is 0. The Labute approximate surface area is 87.3 Å². The van der Waals surface area contributed by atoms with Gasteiger partial charge in [0.05, 0.1) is 6.61 Å². The molecule has 78 valence electrons. The lowest BCUT2D eigenvalue weighted by Gasteiger charge is -2.00. The van der Waals surface area contributed by atoms with Gasteiger partial charge >= 0.3 is 0 Å². The molecule has 0 amide bonds. The van der Waals surface area contributed by atoms with Crippen molar-refractivity contribution >= 4 is 11.0 Å². The van der Waals surface area contributed by atoms with E-state index in [1.54, 1.807) is 6.07 Å². The van der Waals surface area contributed by atoms with Gasteiger partial charge in [-0.1, -0.05) is 12.1 Å². The molecule has 0 bridgehead atoms. The predicted octanol–water partition coefficient (Wildman–Crippen LogP) is 2.64. The van der Waals surface area contributed by atoms with Crippen molar-refractivity contribution in [2.45, 2.75) is 12.3 Å². The number of ether oxygens (including phenoxy) is 1. The van der Waals surface area contributed by atoms with Gasteiger partial charge in [-0.25, -0.2) is 0 Å². The number of phenols is 1. The number of benzene rings is 1. The van der Waals surface area contributed by atoms with E-state index in [4.69, 9.17) is 9.15 Å². The van der Waals surface area contributed by atoms with Gasteiger partial charge in [-0.05, 0) is 18.6 Å². The molecule has 0 saturated carbocycles. The fourth-order valence-corrected chi connectivity index (χ4v) is 2.03. The van der Waals surface area contributed by atoms with E-state index in [0.29, 0.717) is 11.5 Å². The molecule has 1 aromatic carbocycles. The molecule has 1 aromatic heterocycles. The van der Waals surface area contributed by atoms with Crippen LogP contribution in [0.3, 0.4) is 0 Å². The molecule has 1 saturated heterocycles. The molecule has 1 unspecified atom stereocenters. The highest BCUT2D eigenvalue weighted by atomic mass is 16.5. The zero-order valence-corrected chi connectivity index (χ0v) is 8.27. The van der Waals surface area contributed by atoms with Crippen LogP contribution < -0.4 is 0 Å². The summed E-state index contributed by atoms with van der Waals surface area (Å²) in [6.45, 7) is 1.52. The maximum atomic E-state index is 9.60.